The van der Waals surface area contributed by atoms with Gasteiger partial charge in [-0.25, -0.2) is 0 Å². The van der Waals surface area contributed by atoms with Crippen molar-refractivity contribution in [1.29, 1.82) is 0 Å². The van der Waals surface area contributed by atoms with Crippen LogP contribution in [-0.4, -0.2) is 34.9 Å². The summed E-state index contributed by atoms with van der Waals surface area (Å²) >= 11 is 1.76. The lowest BCUT2D eigenvalue weighted by Gasteiger charge is -2.26. The molecule has 0 aliphatic heterocycles. The van der Waals surface area contributed by atoms with Crippen molar-refractivity contribution in [2.75, 3.05) is 18.6 Å². The molecular weight excluding hydrogens is 238 g/mol. The number of rotatable bonds is 7. The predicted octanol–water partition coefficient (Wildman–Crippen LogP) is 1.54. The molecule has 1 aromatic heterocycles. The van der Waals surface area contributed by atoms with Crippen molar-refractivity contribution in [2.24, 2.45) is 5.73 Å². The third-order valence-electron chi connectivity index (χ3n) is 2.90. The lowest BCUT2D eigenvalue weighted by molar-refractivity contribution is -0.00549. The highest BCUT2D eigenvalue weighted by Gasteiger charge is 2.21. The van der Waals surface area contributed by atoms with Crippen molar-refractivity contribution < 1.29 is 9.26 Å². The molecule has 0 radical (unpaired) electrons. The van der Waals surface area contributed by atoms with Crippen molar-refractivity contribution in [3.8, 4) is 0 Å². The van der Waals surface area contributed by atoms with Crippen molar-refractivity contribution >= 4 is 11.8 Å². The maximum atomic E-state index is 5.95. The molecule has 0 amide bonds. The summed E-state index contributed by atoms with van der Waals surface area (Å²) in [6.07, 6.45) is 6.81. The van der Waals surface area contributed by atoms with Crippen LogP contribution in [0.25, 0.3) is 0 Å². The number of nitrogens with two attached hydrogens (primary N) is 1. The van der Waals surface area contributed by atoms with Gasteiger partial charge in [0.25, 0.3) is 0 Å². The Morgan fingerprint density at radius 2 is 2.41 bits per heavy atom. The van der Waals surface area contributed by atoms with Gasteiger partial charge in [0.05, 0.1) is 18.8 Å². The Bertz CT molecular complexity index is 341. The second-order valence-corrected chi connectivity index (χ2v) is 5.27. The second-order valence-electron chi connectivity index (χ2n) is 4.28. The maximum absolute atomic E-state index is 5.95. The molecule has 1 aromatic rings. The van der Waals surface area contributed by atoms with E-state index in [0.29, 0.717) is 24.4 Å². The normalized spacial score (nSPS) is 18.0. The molecule has 96 valence electrons. The van der Waals surface area contributed by atoms with Gasteiger partial charge < -0.3 is 15.0 Å². The highest BCUT2D eigenvalue weighted by molar-refractivity contribution is 7.98. The largest absolute Gasteiger partial charge is 0.376 e. The van der Waals surface area contributed by atoms with Gasteiger partial charge in [-0.15, -0.1) is 0 Å². The summed E-state index contributed by atoms with van der Waals surface area (Å²) in [5.41, 5.74) is 5.95. The Morgan fingerprint density at radius 1 is 1.59 bits per heavy atom. The Balaban J connectivity index is 1.76. The van der Waals surface area contributed by atoms with Crippen LogP contribution in [0.2, 0.25) is 0 Å². The van der Waals surface area contributed by atoms with Crippen molar-refractivity contribution in [2.45, 2.75) is 37.8 Å². The van der Waals surface area contributed by atoms with Crippen LogP contribution in [0.3, 0.4) is 0 Å². The van der Waals surface area contributed by atoms with Crippen molar-refractivity contribution in [1.82, 2.24) is 10.1 Å². The van der Waals surface area contributed by atoms with E-state index < -0.39 is 0 Å². The van der Waals surface area contributed by atoms with Crippen LogP contribution in [-0.2, 0) is 11.2 Å². The first kappa shape index (κ1) is 12.9. The van der Waals surface area contributed by atoms with Gasteiger partial charge in [-0.2, -0.15) is 16.7 Å². The first-order chi connectivity index (χ1) is 8.29. The minimum atomic E-state index is -0.276. The monoisotopic (exact) mass is 257 g/mol. The molecule has 0 spiro atoms. The quantitative estimate of drug-likeness (QED) is 0.798. The lowest BCUT2D eigenvalue weighted by atomic mass is 9.96. The molecule has 1 aliphatic carbocycles. The molecule has 1 heterocycles. The summed E-state index contributed by atoms with van der Waals surface area (Å²) in [5.74, 6) is 2.20. The fourth-order valence-electron chi connectivity index (χ4n) is 1.56. The average Bonchev–Trinajstić information content (AvgIpc) is 2.72. The smallest absolute Gasteiger partial charge is 0.227 e. The van der Waals surface area contributed by atoms with Gasteiger partial charge in [-0.3, -0.25) is 0 Å². The second kappa shape index (κ2) is 6.37. The number of hydrogen-bond donors (Lipinski definition) is 1. The van der Waals surface area contributed by atoms with Gasteiger partial charge in [0, 0.05) is 12.2 Å². The van der Waals surface area contributed by atoms with Crippen LogP contribution in [0.4, 0.5) is 0 Å². The molecule has 6 heteroatoms. The first-order valence-corrected chi connectivity index (χ1v) is 7.37. The number of nitrogens with zero attached hydrogens (tertiary/aromatic N) is 2. The van der Waals surface area contributed by atoms with E-state index in [1.807, 2.05) is 0 Å². The van der Waals surface area contributed by atoms with Crippen LogP contribution in [0.15, 0.2) is 4.52 Å². The molecule has 1 aliphatic rings. The SMILES string of the molecule is CSCCc1nc(C(N)COC2CCC2)no1. The van der Waals surface area contributed by atoms with Crippen molar-refractivity contribution in [3.63, 3.8) is 0 Å². The highest BCUT2D eigenvalue weighted by Crippen LogP contribution is 2.22. The molecule has 1 fully saturated rings. The number of aryl methyl sites for hydroxylation is 1. The fraction of sp³-hybridized carbons (Fsp3) is 0.818. The van der Waals surface area contributed by atoms with E-state index in [-0.39, 0.29) is 6.04 Å². The van der Waals surface area contributed by atoms with E-state index in [9.17, 15) is 0 Å². The standard InChI is InChI=1S/C11H19N3O2S/c1-17-6-5-10-13-11(14-16-10)9(12)7-15-8-3-2-4-8/h8-9H,2-7,12H2,1H3. The number of hydrogen-bond acceptors (Lipinski definition) is 6. The zero-order chi connectivity index (χ0) is 12.1. The van der Waals surface area contributed by atoms with Crippen molar-refractivity contribution in [3.05, 3.63) is 11.7 Å². The van der Waals surface area contributed by atoms with E-state index in [1.54, 1.807) is 11.8 Å². The molecule has 1 atom stereocenters. The van der Waals surface area contributed by atoms with Crippen LogP contribution >= 0.6 is 11.8 Å². The highest BCUT2D eigenvalue weighted by atomic mass is 32.2. The summed E-state index contributed by atoms with van der Waals surface area (Å²) in [4.78, 5) is 4.27. The van der Waals surface area contributed by atoms with E-state index in [0.717, 1.165) is 25.0 Å². The summed E-state index contributed by atoms with van der Waals surface area (Å²) in [6.45, 7) is 0.478. The minimum absolute atomic E-state index is 0.276. The fourth-order valence-corrected chi connectivity index (χ4v) is 1.94. The molecule has 0 aromatic carbocycles. The van der Waals surface area contributed by atoms with Crippen LogP contribution in [0.5, 0.6) is 0 Å². The molecule has 5 nitrogen and oxygen atoms in total. The molecule has 2 N–H and O–H groups in total. The molecule has 0 bridgehead atoms. The molecular formula is C11H19N3O2S. The molecule has 0 saturated heterocycles. The Hall–Kier alpha value is -0.590. The Morgan fingerprint density at radius 3 is 3.06 bits per heavy atom. The van der Waals surface area contributed by atoms with Gasteiger partial charge in [0.1, 0.15) is 0 Å². The third kappa shape index (κ3) is 3.69. The van der Waals surface area contributed by atoms with E-state index in [1.165, 1.54) is 6.42 Å². The minimum Gasteiger partial charge on any atom is -0.376 e. The first-order valence-electron chi connectivity index (χ1n) is 5.98. The van der Waals surface area contributed by atoms with Crippen LogP contribution < -0.4 is 5.73 Å². The maximum Gasteiger partial charge on any atom is 0.227 e. The number of ether oxygens (including phenoxy) is 1. The zero-order valence-electron chi connectivity index (χ0n) is 10.1. The van der Waals surface area contributed by atoms with Crippen LogP contribution in [0, 0.1) is 0 Å². The summed E-state index contributed by atoms with van der Waals surface area (Å²) < 4.78 is 10.8. The predicted molar refractivity (Wildman–Crippen MR) is 66.9 cm³/mol. The Labute approximate surface area is 105 Å². The van der Waals surface area contributed by atoms with Gasteiger partial charge in [0.15, 0.2) is 5.82 Å². The number of thioether (sulfide) groups is 1. The van der Waals surface area contributed by atoms with E-state index in [2.05, 4.69) is 16.4 Å². The zero-order valence-corrected chi connectivity index (χ0v) is 10.9. The third-order valence-corrected chi connectivity index (χ3v) is 3.51. The summed E-state index contributed by atoms with van der Waals surface area (Å²) in [6, 6.07) is -0.276. The summed E-state index contributed by atoms with van der Waals surface area (Å²) in [5, 5.41) is 3.89. The van der Waals surface area contributed by atoms with Gasteiger partial charge >= 0.3 is 0 Å². The van der Waals surface area contributed by atoms with Gasteiger partial charge in [-0.05, 0) is 25.5 Å². The van der Waals surface area contributed by atoms with Gasteiger partial charge in [-0.1, -0.05) is 5.16 Å². The number of aromatic nitrogens is 2. The average molecular weight is 257 g/mol. The van der Waals surface area contributed by atoms with E-state index >= 15 is 0 Å². The molecule has 2 rings (SSSR count). The Kier molecular flexibility index (Phi) is 4.82. The summed E-state index contributed by atoms with van der Waals surface area (Å²) in [7, 11) is 0. The van der Waals surface area contributed by atoms with Crippen LogP contribution in [0.1, 0.15) is 37.0 Å². The molecule has 1 saturated carbocycles. The molecule has 1 unspecified atom stereocenters. The lowest BCUT2D eigenvalue weighted by Crippen LogP contribution is -2.27. The topological polar surface area (TPSA) is 74.2 Å². The van der Waals surface area contributed by atoms with Gasteiger partial charge in [0.2, 0.25) is 5.89 Å². The molecule has 17 heavy (non-hydrogen) atoms. The van der Waals surface area contributed by atoms with E-state index in [4.69, 9.17) is 15.0 Å².